The molecule has 0 atom stereocenters. The van der Waals surface area contributed by atoms with E-state index in [1.807, 2.05) is 6.92 Å². The lowest BCUT2D eigenvalue weighted by Crippen LogP contribution is -2.28. The van der Waals surface area contributed by atoms with E-state index in [2.05, 4.69) is 36.9 Å². The van der Waals surface area contributed by atoms with Crippen LogP contribution in [0.15, 0.2) is 18.2 Å². The fourth-order valence-electron chi connectivity index (χ4n) is 1.91. The second-order valence-corrected chi connectivity index (χ2v) is 4.11. The summed E-state index contributed by atoms with van der Waals surface area (Å²) >= 11 is 0. The SMILES string of the molecule is CCOCCN(CC)c1cc(C)ccc1CN. The molecule has 17 heavy (non-hydrogen) atoms. The smallest absolute Gasteiger partial charge is 0.0641 e. The maximum Gasteiger partial charge on any atom is 0.0641 e. The Kier molecular flexibility index (Phi) is 6.01. The van der Waals surface area contributed by atoms with Crippen LogP contribution in [0.5, 0.6) is 0 Å². The Morgan fingerprint density at radius 1 is 1.29 bits per heavy atom. The summed E-state index contributed by atoms with van der Waals surface area (Å²) in [7, 11) is 0. The summed E-state index contributed by atoms with van der Waals surface area (Å²) in [5.41, 5.74) is 9.51. The molecule has 0 aromatic heterocycles. The van der Waals surface area contributed by atoms with Gasteiger partial charge in [-0.25, -0.2) is 0 Å². The summed E-state index contributed by atoms with van der Waals surface area (Å²) in [4.78, 5) is 2.32. The molecule has 2 N–H and O–H groups in total. The van der Waals surface area contributed by atoms with E-state index in [-0.39, 0.29) is 0 Å². The molecule has 0 bridgehead atoms. The third-order valence-corrected chi connectivity index (χ3v) is 2.89. The minimum Gasteiger partial charge on any atom is -0.380 e. The molecule has 1 aromatic rings. The molecule has 0 fully saturated rings. The monoisotopic (exact) mass is 236 g/mol. The van der Waals surface area contributed by atoms with Crippen LogP contribution < -0.4 is 10.6 Å². The van der Waals surface area contributed by atoms with Crippen molar-refractivity contribution in [3.63, 3.8) is 0 Å². The Morgan fingerprint density at radius 2 is 2.06 bits per heavy atom. The molecule has 0 saturated heterocycles. The average molecular weight is 236 g/mol. The normalized spacial score (nSPS) is 10.6. The highest BCUT2D eigenvalue weighted by atomic mass is 16.5. The third kappa shape index (κ3) is 4.02. The Bertz CT molecular complexity index is 339. The largest absolute Gasteiger partial charge is 0.380 e. The van der Waals surface area contributed by atoms with Gasteiger partial charge in [0.1, 0.15) is 0 Å². The van der Waals surface area contributed by atoms with E-state index in [0.29, 0.717) is 6.54 Å². The summed E-state index contributed by atoms with van der Waals surface area (Å²) in [5, 5.41) is 0. The number of aryl methyl sites for hydroxylation is 1. The fraction of sp³-hybridized carbons (Fsp3) is 0.571. The molecule has 0 spiro atoms. The molecule has 96 valence electrons. The van der Waals surface area contributed by atoms with Crippen LogP contribution in [0.25, 0.3) is 0 Å². The van der Waals surface area contributed by atoms with E-state index in [1.165, 1.54) is 16.8 Å². The molecular formula is C14H24N2O. The summed E-state index contributed by atoms with van der Waals surface area (Å²) in [6.07, 6.45) is 0. The van der Waals surface area contributed by atoms with Gasteiger partial charge in [-0.1, -0.05) is 12.1 Å². The summed E-state index contributed by atoms with van der Waals surface area (Å²) in [5.74, 6) is 0. The zero-order valence-electron chi connectivity index (χ0n) is 11.2. The predicted molar refractivity (Wildman–Crippen MR) is 73.5 cm³/mol. The van der Waals surface area contributed by atoms with Crippen LogP contribution in [0, 0.1) is 6.92 Å². The van der Waals surface area contributed by atoms with E-state index in [0.717, 1.165) is 26.3 Å². The summed E-state index contributed by atoms with van der Waals surface area (Å²) < 4.78 is 5.42. The number of hydrogen-bond donors (Lipinski definition) is 1. The highest BCUT2D eigenvalue weighted by Crippen LogP contribution is 2.21. The van der Waals surface area contributed by atoms with Crippen LogP contribution in [-0.4, -0.2) is 26.3 Å². The van der Waals surface area contributed by atoms with Crippen molar-refractivity contribution in [1.82, 2.24) is 0 Å². The average Bonchev–Trinajstić information content (AvgIpc) is 2.35. The minimum absolute atomic E-state index is 0.584. The lowest BCUT2D eigenvalue weighted by atomic mass is 10.1. The van der Waals surface area contributed by atoms with Crippen molar-refractivity contribution in [3.8, 4) is 0 Å². The van der Waals surface area contributed by atoms with Gasteiger partial charge in [0.25, 0.3) is 0 Å². The second kappa shape index (κ2) is 7.30. The molecule has 0 aliphatic heterocycles. The number of nitrogens with two attached hydrogens (primary N) is 1. The Balaban J connectivity index is 2.82. The molecular weight excluding hydrogens is 212 g/mol. The number of ether oxygens (including phenoxy) is 1. The van der Waals surface area contributed by atoms with Crippen molar-refractivity contribution in [2.24, 2.45) is 5.73 Å². The van der Waals surface area contributed by atoms with E-state index in [4.69, 9.17) is 10.5 Å². The van der Waals surface area contributed by atoms with Gasteiger partial charge in [0.15, 0.2) is 0 Å². The highest BCUT2D eigenvalue weighted by molar-refractivity contribution is 5.55. The molecule has 1 rings (SSSR count). The molecule has 0 saturated carbocycles. The predicted octanol–water partition coefficient (Wildman–Crippen LogP) is 2.32. The molecule has 3 heteroatoms. The van der Waals surface area contributed by atoms with E-state index < -0.39 is 0 Å². The van der Waals surface area contributed by atoms with Gasteiger partial charge in [-0.3, -0.25) is 0 Å². The van der Waals surface area contributed by atoms with Gasteiger partial charge in [-0.15, -0.1) is 0 Å². The molecule has 0 radical (unpaired) electrons. The van der Waals surface area contributed by atoms with E-state index in [1.54, 1.807) is 0 Å². The third-order valence-electron chi connectivity index (χ3n) is 2.89. The minimum atomic E-state index is 0.584. The summed E-state index contributed by atoms with van der Waals surface area (Å²) in [6, 6.07) is 6.44. The number of benzene rings is 1. The van der Waals surface area contributed by atoms with Gasteiger partial charge in [0.05, 0.1) is 6.61 Å². The second-order valence-electron chi connectivity index (χ2n) is 4.11. The lowest BCUT2D eigenvalue weighted by molar-refractivity contribution is 0.154. The first kappa shape index (κ1) is 14.0. The molecule has 0 heterocycles. The van der Waals surface area contributed by atoms with Gasteiger partial charge in [0, 0.05) is 31.9 Å². The molecule has 0 aliphatic carbocycles. The first-order valence-corrected chi connectivity index (χ1v) is 6.35. The van der Waals surface area contributed by atoms with Crippen LogP contribution in [0.3, 0.4) is 0 Å². The quantitative estimate of drug-likeness (QED) is 0.738. The zero-order chi connectivity index (χ0) is 12.7. The van der Waals surface area contributed by atoms with Crippen molar-refractivity contribution in [1.29, 1.82) is 0 Å². The number of nitrogens with zero attached hydrogens (tertiary/aromatic N) is 1. The van der Waals surface area contributed by atoms with Crippen molar-refractivity contribution < 1.29 is 4.74 Å². The van der Waals surface area contributed by atoms with Gasteiger partial charge in [-0.2, -0.15) is 0 Å². The van der Waals surface area contributed by atoms with Gasteiger partial charge < -0.3 is 15.4 Å². The van der Waals surface area contributed by atoms with Gasteiger partial charge >= 0.3 is 0 Å². The Labute approximate surface area is 105 Å². The summed E-state index contributed by atoms with van der Waals surface area (Å²) in [6.45, 7) is 10.3. The van der Waals surface area contributed by atoms with Crippen LogP contribution in [0.2, 0.25) is 0 Å². The van der Waals surface area contributed by atoms with Crippen molar-refractivity contribution >= 4 is 5.69 Å². The van der Waals surface area contributed by atoms with Crippen molar-refractivity contribution in [2.45, 2.75) is 27.3 Å². The van der Waals surface area contributed by atoms with Gasteiger partial charge in [0.2, 0.25) is 0 Å². The maximum absolute atomic E-state index is 5.79. The molecule has 1 aromatic carbocycles. The fourth-order valence-corrected chi connectivity index (χ4v) is 1.91. The lowest BCUT2D eigenvalue weighted by Gasteiger charge is -2.25. The Hall–Kier alpha value is -1.06. The first-order valence-electron chi connectivity index (χ1n) is 6.35. The van der Waals surface area contributed by atoms with Crippen molar-refractivity contribution in [3.05, 3.63) is 29.3 Å². The topological polar surface area (TPSA) is 38.5 Å². The van der Waals surface area contributed by atoms with Crippen LogP contribution in [0.1, 0.15) is 25.0 Å². The number of rotatable bonds is 7. The van der Waals surface area contributed by atoms with Crippen LogP contribution in [0.4, 0.5) is 5.69 Å². The highest BCUT2D eigenvalue weighted by Gasteiger charge is 2.08. The molecule has 0 aliphatic rings. The molecule has 0 amide bonds. The van der Waals surface area contributed by atoms with E-state index >= 15 is 0 Å². The number of hydrogen-bond acceptors (Lipinski definition) is 3. The Morgan fingerprint density at radius 3 is 2.65 bits per heavy atom. The van der Waals surface area contributed by atoms with Gasteiger partial charge in [-0.05, 0) is 38.0 Å². The maximum atomic E-state index is 5.79. The number of anilines is 1. The first-order chi connectivity index (χ1) is 8.22. The zero-order valence-corrected chi connectivity index (χ0v) is 11.2. The van der Waals surface area contributed by atoms with E-state index in [9.17, 15) is 0 Å². The molecule has 0 unspecified atom stereocenters. The standard InChI is InChI=1S/C14H24N2O/c1-4-16(8-9-17-5-2)14-10-12(3)6-7-13(14)11-15/h6-7,10H,4-5,8-9,11,15H2,1-3H3. The molecule has 3 nitrogen and oxygen atoms in total. The van der Waals surface area contributed by atoms with Crippen LogP contribution >= 0.6 is 0 Å². The van der Waals surface area contributed by atoms with Crippen molar-refractivity contribution in [2.75, 3.05) is 31.2 Å². The number of likely N-dealkylation sites (N-methyl/N-ethyl adjacent to an activating group) is 1. The van der Waals surface area contributed by atoms with Crippen LogP contribution in [-0.2, 0) is 11.3 Å².